The summed E-state index contributed by atoms with van der Waals surface area (Å²) in [7, 11) is 0. The molecular weight excluding hydrogens is 148 g/mol. The molecule has 1 aromatic heterocycles. The fraction of sp³-hybridized carbons (Fsp3) is 0.333. The van der Waals surface area contributed by atoms with Crippen LogP contribution in [0.25, 0.3) is 0 Å². The van der Waals surface area contributed by atoms with E-state index in [4.69, 9.17) is 5.73 Å². The molecule has 0 bridgehead atoms. The number of nitrogens with zero attached hydrogens (tertiary/aromatic N) is 1. The number of carbonyl (C=O) groups is 1. The number of carbonyl (C=O) groups excluding carboxylic acids is 1. The third kappa shape index (κ3) is 2.05. The number of rotatable bonds is 2. The minimum Gasteiger partial charge on any atom is -0.448 e. The molecule has 1 heterocycles. The lowest BCUT2D eigenvalue weighted by atomic mass is 10.4. The van der Waals surface area contributed by atoms with Crippen LogP contribution in [-0.4, -0.2) is 17.0 Å². The van der Waals surface area contributed by atoms with Crippen molar-refractivity contribution in [3.8, 4) is 5.88 Å². The van der Waals surface area contributed by atoms with E-state index in [1.807, 2.05) is 0 Å². The lowest BCUT2D eigenvalue weighted by Crippen LogP contribution is -2.30. The van der Waals surface area contributed by atoms with Gasteiger partial charge in [-0.25, -0.2) is 4.79 Å². The quantitative estimate of drug-likeness (QED) is 0.606. The van der Waals surface area contributed by atoms with E-state index in [0.717, 1.165) is 0 Å². The van der Waals surface area contributed by atoms with Gasteiger partial charge in [-0.15, -0.1) is 0 Å². The number of hydrogen-bond donors (Lipinski definition) is 1. The van der Waals surface area contributed by atoms with Crippen LogP contribution in [0.15, 0.2) is 17.1 Å². The van der Waals surface area contributed by atoms with Crippen molar-refractivity contribution in [1.29, 1.82) is 0 Å². The van der Waals surface area contributed by atoms with Gasteiger partial charge in [0.15, 0.2) is 12.7 Å². The fourth-order valence-electron chi connectivity index (χ4n) is 0.448. The van der Waals surface area contributed by atoms with E-state index in [2.05, 4.69) is 14.1 Å². The third-order valence-corrected chi connectivity index (χ3v) is 0.987. The van der Waals surface area contributed by atoms with Crippen molar-refractivity contribution in [1.82, 2.24) is 4.98 Å². The van der Waals surface area contributed by atoms with Crippen molar-refractivity contribution in [2.75, 3.05) is 0 Å². The first-order chi connectivity index (χ1) is 5.20. The highest BCUT2D eigenvalue weighted by Gasteiger charge is 2.10. The maximum absolute atomic E-state index is 10.8. The summed E-state index contributed by atoms with van der Waals surface area (Å²) >= 11 is 0. The van der Waals surface area contributed by atoms with Gasteiger partial charge in [0.2, 0.25) is 0 Å². The van der Waals surface area contributed by atoms with E-state index in [1.165, 1.54) is 19.6 Å². The van der Waals surface area contributed by atoms with Crippen molar-refractivity contribution < 1.29 is 13.9 Å². The Morgan fingerprint density at radius 1 is 1.91 bits per heavy atom. The molecule has 0 amide bonds. The van der Waals surface area contributed by atoms with Crippen molar-refractivity contribution >= 4 is 5.97 Å². The summed E-state index contributed by atoms with van der Waals surface area (Å²) in [5.74, 6) is -0.397. The first kappa shape index (κ1) is 7.74. The Labute approximate surface area is 63.2 Å². The highest BCUT2D eigenvalue weighted by molar-refractivity contribution is 5.76. The van der Waals surface area contributed by atoms with E-state index in [9.17, 15) is 4.79 Å². The summed E-state index contributed by atoms with van der Waals surface area (Å²) in [6, 6.07) is -0.647. The van der Waals surface area contributed by atoms with E-state index >= 15 is 0 Å². The van der Waals surface area contributed by atoms with Gasteiger partial charge in [-0.1, -0.05) is 0 Å². The summed E-state index contributed by atoms with van der Waals surface area (Å²) in [6.07, 6.45) is 2.39. The fourth-order valence-corrected chi connectivity index (χ4v) is 0.448. The van der Waals surface area contributed by atoms with Gasteiger partial charge < -0.3 is 14.9 Å². The number of aromatic nitrogens is 1. The van der Waals surface area contributed by atoms with Crippen LogP contribution in [-0.2, 0) is 4.79 Å². The molecular formula is C6H8N2O3. The topological polar surface area (TPSA) is 78.4 Å². The number of hydrogen-bond acceptors (Lipinski definition) is 5. The first-order valence-electron chi connectivity index (χ1n) is 3.05. The first-order valence-corrected chi connectivity index (χ1v) is 3.05. The summed E-state index contributed by atoms with van der Waals surface area (Å²) in [5.41, 5.74) is 5.22. The average Bonchev–Trinajstić information content (AvgIpc) is 2.39. The predicted octanol–water partition coefficient (Wildman–Crippen LogP) is -0.0728. The second-order valence-electron chi connectivity index (χ2n) is 2.04. The Hall–Kier alpha value is -1.36. The molecule has 0 aliphatic heterocycles. The summed E-state index contributed by atoms with van der Waals surface area (Å²) < 4.78 is 9.21. The van der Waals surface area contributed by atoms with Crippen LogP contribution < -0.4 is 10.5 Å². The Balaban J connectivity index is 2.50. The molecule has 1 atom stereocenters. The average molecular weight is 156 g/mol. The zero-order valence-corrected chi connectivity index (χ0v) is 5.98. The van der Waals surface area contributed by atoms with Crippen molar-refractivity contribution in [2.45, 2.75) is 13.0 Å². The number of nitrogens with two attached hydrogens (primary N) is 1. The minimum absolute atomic E-state index is 0.132. The second kappa shape index (κ2) is 3.16. The van der Waals surface area contributed by atoms with E-state index in [1.54, 1.807) is 0 Å². The van der Waals surface area contributed by atoms with Gasteiger partial charge in [0, 0.05) is 0 Å². The van der Waals surface area contributed by atoms with Gasteiger partial charge in [-0.2, -0.15) is 4.98 Å². The molecule has 5 nitrogen and oxygen atoms in total. The van der Waals surface area contributed by atoms with Gasteiger partial charge in [-0.3, -0.25) is 0 Å². The van der Waals surface area contributed by atoms with E-state index < -0.39 is 12.0 Å². The van der Waals surface area contributed by atoms with Crippen LogP contribution in [0.3, 0.4) is 0 Å². The Morgan fingerprint density at radius 3 is 3.09 bits per heavy atom. The van der Waals surface area contributed by atoms with Crippen LogP contribution in [0.2, 0.25) is 0 Å². The molecule has 0 saturated carbocycles. The largest absolute Gasteiger partial charge is 0.448 e. The Kier molecular flexibility index (Phi) is 2.22. The predicted molar refractivity (Wildman–Crippen MR) is 35.8 cm³/mol. The summed E-state index contributed by atoms with van der Waals surface area (Å²) in [4.78, 5) is 14.4. The number of ether oxygens (including phenoxy) is 1. The molecule has 1 rings (SSSR count). The minimum atomic E-state index is -0.647. The van der Waals surface area contributed by atoms with Gasteiger partial charge in [0.1, 0.15) is 6.04 Å². The molecule has 0 radical (unpaired) electrons. The van der Waals surface area contributed by atoms with Crippen molar-refractivity contribution in [3.05, 3.63) is 12.7 Å². The summed E-state index contributed by atoms with van der Waals surface area (Å²) in [6.45, 7) is 1.53. The highest BCUT2D eigenvalue weighted by atomic mass is 16.6. The monoisotopic (exact) mass is 156 g/mol. The van der Waals surface area contributed by atoms with Gasteiger partial charge in [-0.05, 0) is 6.92 Å². The second-order valence-corrected chi connectivity index (χ2v) is 2.04. The molecule has 2 N–H and O–H groups in total. The van der Waals surface area contributed by atoms with Crippen LogP contribution >= 0.6 is 0 Å². The number of oxazole rings is 1. The van der Waals surface area contributed by atoms with Crippen molar-refractivity contribution in [2.24, 2.45) is 5.73 Å². The highest BCUT2D eigenvalue weighted by Crippen LogP contribution is 2.04. The maximum Gasteiger partial charge on any atom is 0.329 e. The normalized spacial score (nSPS) is 12.5. The third-order valence-electron chi connectivity index (χ3n) is 0.987. The standard InChI is InChI=1S/C6H8N2O3/c1-4(7)6(9)11-5-2-10-3-8-5/h2-4H,7H2,1H3/t4-/m0/s1. The van der Waals surface area contributed by atoms with Gasteiger partial charge in [0.05, 0.1) is 0 Å². The molecule has 0 aliphatic carbocycles. The Bertz CT molecular complexity index is 230. The molecule has 60 valence electrons. The Morgan fingerprint density at radius 2 is 2.64 bits per heavy atom. The van der Waals surface area contributed by atoms with E-state index in [-0.39, 0.29) is 5.88 Å². The zero-order chi connectivity index (χ0) is 8.27. The van der Waals surface area contributed by atoms with Gasteiger partial charge in [0.25, 0.3) is 5.88 Å². The molecule has 0 unspecified atom stereocenters. The van der Waals surface area contributed by atoms with Crippen molar-refractivity contribution in [3.63, 3.8) is 0 Å². The van der Waals surface area contributed by atoms with Crippen LogP contribution in [0.4, 0.5) is 0 Å². The molecule has 5 heteroatoms. The summed E-state index contributed by atoms with van der Waals surface area (Å²) in [5, 5.41) is 0. The molecule has 0 fully saturated rings. The zero-order valence-electron chi connectivity index (χ0n) is 5.98. The molecule has 0 aromatic carbocycles. The molecule has 1 aromatic rings. The molecule has 11 heavy (non-hydrogen) atoms. The van der Waals surface area contributed by atoms with Gasteiger partial charge >= 0.3 is 5.97 Å². The molecule has 0 spiro atoms. The maximum atomic E-state index is 10.8. The molecule has 0 aliphatic rings. The lowest BCUT2D eigenvalue weighted by molar-refractivity contribution is -0.135. The molecule has 0 saturated heterocycles. The SMILES string of the molecule is C[C@H](N)C(=O)Oc1cocn1. The smallest absolute Gasteiger partial charge is 0.329 e. The van der Waals surface area contributed by atoms with E-state index in [0.29, 0.717) is 0 Å². The lowest BCUT2D eigenvalue weighted by Gasteiger charge is -2.01. The van der Waals surface area contributed by atoms with Crippen LogP contribution in [0, 0.1) is 0 Å². The number of esters is 1. The van der Waals surface area contributed by atoms with Crippen LogP contribution in [0.1, 0.15) is 6.92 Å². The van der Waals surface area contributed by atoms with Crippen LogP contribution in [0.5, 0.6) is 5.88 Å².